The number of ether oxygens (including phenoxy) is 2. The van der Waals surface area contributed by atoms with Crippen LogP contribution in [0.1, 0.15) is 84.9 Å². The number of ketones is 1. The molecule has 3 N–H and O–H groups in total. The molecule has 2 aromatic carbocycles. The van der Waals surface area contributed by atoms with Crippen molar-refractivity contribution in [2.24, 2.45) is 0 Å². The van der Waals surface area contributed by atoms with E-state index in [4.69, 9.17) is 9.47 Å². The highest BCUT2D eigenvalue weighted by molar-refractivity contribution is 5.98. The number of nitrogens with zero attached hydrogens (tertiary/aromatic N) is 3. The van der Waals surface area contributed by atoms with Crippen molar-refractivity contribution >= 4 is 29.5 Å². The highest BCUT2D eigenvalue weighted by Gasteiger charge is 2.35. The van der Waals surface area contributed by atoms with E-state index < -0.39 is 41.1 Å². The Balaban J connectivity index is 1.77. The second-order valence-corrected chi connectivity index (χ2v) is 14.7. The third-order valence-electron chi connectivity index (χ3n) is 8.31. The summed E-state index contributed by atoms with van der Waals surface area (Å²) in [5, 5.41) is 8.06. The van der Waals surface area contributed by atoms with Crippen molar-refractivity contribution in [1.82, 2.24) is 25.1 Å². The van der Waals surface area contributed by atoms with Gasteiger partial charge in [0.25, 0.3) is 5.91 Å². The van der Waals surface area contributed by atoms with Gasteiger partial charge in [-0.05, 0) is 71.6 Å². The zero-order valence-corrected chi connectivity index (χ0v) is 33.3. The number of rotatable bonds is 21. The van der Waals surface area contributed by atoms with Crippen LogP contribution in [0.4, 0.5) is 10.6 Å². The summed E-state index contributed by atoms with van der Waals surface area (Å²) in [7, 11) is 0. The number of carbonyl (C=O) groups is 4. The molecular formula is C43H58N6O6. The summed E-state index contributed by atoms with van der Waals surface area (Å²) in [5.74, 6) is -1.04. The summed E-state index contributed by atoms with van der Waals surface area (Å²) in [6.07, 6.45) is 12.1. The van der Waals surface area contributed by atoms with Crippen molar-refractivity contribution < 1.29 is 28.7 Å². The van der Waals surface area contributed by atoms with Gasteiger partial charge in [-0.3, -0.25) is 14.4 Å². The number of alkyl carbamates (subject to hydrolysis) is 1. The third-order valence-corrected chi connectivity index (χ3v) is 8.31. The summed E-state index contributed by atoms with van der Waals surface area (Å²) in [5.41, 5.74) is 0.359. The predicted molar refractivity (Wildman–Crippen MR) is 216 cm³/mol. The molecule has 0 spiro atoms. The largest absolute Gasteiger partial charge is 0.444 e. The summed E-state index contributed by atoms with van der Waals surface area (Å²) in [6.45, 7) is 18.0. The standard InChI is InChI=1S/C43H58N6O6/c1-9-11-14-20-32(3)48(26-10-2)27-19-25-36(50)38(34-23-17-13-18-24-34)49-28-37(44-31-49)46-39(51)35(30-54-29-33-21-15-12-16-22-33)45-40(52)43(7,8)47-41(53)55-42(4,5)6/h9,11-18,20-24,28,31,35,38H,3,10,19,25-27,29-30H2,1-2,4-8H3,(H,45,52)(H,46,51)(H,47,53)/b11-9-,20-14-. The van der Waals surface area contributed by atoms with Gasteiger partial charge in [-0.2, -0.15) is 0 Å². The van der Waals surface area contributed by atoms with Crippen molar-refractivity contribution in [1.29, 1.82) is 0 Å². The minimum Gasteiger partial charge on any atom is -0.444 e. The van der Waals surface area contributed by atoms with Crippen molar-refractivity contribution in [3.05, 3.63) is 121 Å². The zero-order valence-electron chi connectivity index (χ0n) is 33.3. The van der Waals surface area contributed by atoms with Gasteiger partial charge in [0.05, 0.1) is 19.5 Å². The lowest BCUT2D eigenvalue weighted by Gasteiger charge is -2.29. The Bertz CT molecular complexity index is 1760. The number of Topliss-reactive ketones (excluding diaryl/α,β-unsaturated/α-hetero) is 1. The van der Waals surface area contributed by atoms with Crippen LogP contribution in [0.3, 0.4) is 0 Å². The first-order valence-electron chi connectivity index (χ1n) is 18.7. The lowest BCUT2D eigenvalue weighted by molar-refractivity contribution is -0.131. The Hall–Kier alpha value is -5.49. The number of nitrogens with one attached hydrogen (secondary N) is 3. The number of imidazole rings is 1. The zero-order chi connectivity index (χ0) is 40.4. The maximum Gasteiger partial charge on any atom is 0.408 e. The molecule has 3 rings (SSSR count). The summed E-state index contributed by atoms with van der Waals surface area (Å²) >= 11 is 0. The highest BCUT2D eigenvalue weighted by Crippen LogP contribution is 2.24. The first kappa shape index (κ1) is 43.9. The molecule has 2 atom stereocenters. The molecular weight excluding hydrogens is 697 g/mol. The maximum atomic E-state index is 13.9. The normalized spacial score (nSPS) is 12.9. The molecule has 0 saturated heterocycles. The van der Waals surface area contributed by atoms with Gasteiger partial charge >= 0.3 is 6.09 Å². The SMILES string of the molecule is C=C(/C=C\C=C/C)N(CCC)CCCC(=O)C(c1ccccc1)n1cnc(NC(=O)C(COCc2ccccc2)NC(=O)C(C)(C)NC(=O)OC(C)(C)C)c1. The van der Waals surface area contributed by atoms with E-state index >= 15 is 0 Å². The average molecular weight is 755 g/mol. The molecule has 1 heterocycles. The van der Waals surface area contributed by atoms with E-state index in [-0.39, 0.29) is 24.8 Å². The Morgan fingerprint density at radius 3 is 2.27 bits per heavy atom. The molecule has 3 aromatic rings. The van der Waals surface area contributed by atoms with Gasteiger partial charge in [-0.25, -0.2) is 9.78 Å². The van der Waals surface area contributed by atoms with E-state index in [0.29, 0.717) is 19.4 Å². The quantitative estimate of drug-likeness (QED) is 0.0976. The minimum absolute atomic E-state index is 0.00725. The van der Waals surface area contributed by atoms with Crippen molar-refractivity contribution in [2.45, 2.75) is 97.6 Å². The fraction of sp³-hybridized carbons (Fsp3) is 0.419. The third kappa shape index (κ3) is 15.0. The van der Waals surface area contributed by atoms with Gasteiger partial charge < -0.3 is 34.9 Å². The molecule has 0 bridgehead atoms. The van der Waals surface area contributed by atoms with Crippen LogP contribution in [0, 0.1) is 0 Å². The average Bonchev–Trinajstić information content (AvgIpc) is 3.58. The Labute approximate surface area is 326 Å². The first-order chi connectivity index (χ1) is 26.1. The molecule has 1 aromatic heterocycles. The summed E-state index contributed by atoms with van der Waals surface area (Å²) in [4.78, 5) is 60.2. The number of hydrogen-bond donors (Lipinski definition) is 3. The van der Waals surface area contributed by atoms with E-state index in [1.807, 2.05) is 91.9 Å². The summed E-state index contributed by atoms with van der Waals surface area (Å²) in [6, 6.07) is 17.0. The molecule has 0 aliphatic rings. The van der Waals surface area contributed by atoms with Crippen LogP contribution in [-0.4, -0.2) is 75.0 Å². The van der Waals surface area contributed by atoms with Gasteiger partial charge in [0.15, 0.2) is 11.6 Å². The molecule has 0 saturated carbocycles. The Morgan fingerprint density at radius 1 is 0.964 bits per heavy atom. The van der Waals surface area contributed by atoms with Crippen LogP contribution in [-0.2, 0) is 30.5 Å². The Kier molecular flexibility index (Phi) is 17.1. The number of benzene rings is 2. The summed E-state index contributed by atoms with van der Waals surface area (Å²) < 4.78 is 12.9. The molecule has 12 nitrogen and oxygen atoms in total. The van der Waals surface area contributed by atoms with E-state index in [2.05, 4.69) is 39.3 Å². The molecule has 0 radical (unpaired) electrons. The smallest absolute Gasteiger partial charge is 0.408 e. The van der Waals surface area contributed by atoms with Gasteiger partial charge in [-0.15, -0.1) is 0 Å². The number of amides is 3. The van der Waals surface area contributed by atoms with Crippen LogP contribution >= 0.6 is 0 Å². The lowest BCUT2D eigenvalue weighted by atomic mass is 9.99. The lowest BCUT2D eigenvalue weighted by Crippen LogP contribution is -2.59. The minimum atomic E-state index is -1.44. The van der Waals surface area contributed by atoms with Crippen LogP contribution in [0.5, 0.6) is 0 Å². The topological polar surface area (TPSA) is 144 Å². The van der Waals surface area contributed by atoms with Crippen LogP contribution in [0.2, 0.25) is 0 Å². The molecule has 3 amide bonds. The second kappa shape index (κ2) is 21.4. The first-order valence-corrected chi connectivity index (χ1v) is 18.7. The molecule has 2 unspecified atom stereocenters. The van der Waals surface area contributed by atoms with Gasteiger partial charge in [0.2, 0.25) is 5.91 Å². The number of carbonyl (C=O) groups excluding carboxylic acids is 4. The predicted octanol–water partition coefficient (Wildman–Crippen LogP) is 7.12. The second-order valence-electron chi connectivity index (χ2n) is 14.7. The molecule has 0 fully saturated rings. The van der Waals surface area contributed by atoms with Gasteiger partial charge in [0, 0.05) is 31.4 Å². The van der Waals surface area contributed by atoms with E-state index in [0.717, 1.165) is 29.8 Å². The number of aromatic nitrogens is 2. The fourth-order valence-corrected chi connectivity index (χ4v) is 5.55. The fourth-order valence-electron chi connectivity index (χ4n) is 5.55. The number of anilines is 1. The van der Waals surface area contributed by atoms with Gasteiger partial charge in [0.1, 0.15) is 23.2 Å². The molecule has 0 aliphatic carbocycles. The monoisotopic (exact) mass is 754 g/mol. The highest BCUT2D eigenvalue weighted by atomic mass is 16.6. The van der Waals surface area contributed by atoms with Crippen molar-refractivity contribution in [3.8, 4) is 0 Å². The van der Waals surface area contributed by atoms with Crippen LogP contribution in [0.25, 0.3) is 0 Å². The van der Waals surface area contributed by atoms with E-state index in [1.54, 1.807) is 31.5 Å². The Morgan fingerprint density at radius 2 is 1.64 bits per heavy atom. The van der Waals surface area contributed by atoms with Gasteiger partial charge in [-0.1, -0.05) is 92.4 Å². The molecule has 12 heteroatoms. The van der Waals surface area contributed by atoms with Crippen LogP contribution in [0.15, 0.2) is 110 Å². The maximum absolute atomic E-state index is 13.9. The van der Waals surface area contributed by atoms with Crippen LogP contribution < -0.4 is 16.0 Å². The van der Waals surface area contributed by atoms with E-state index in [1.165, 1.54) is 20.2 Å². The number of hydrogen-bond acceptors (Lipinski definition) is 8. The van der Waals surface area contributed by atoms with Crippen molar-refractivity contribution in [3.63, 3.8) is 0 Å². The molecule has 296 valence electrons. The van der Waals surface area contributed by atoms with Crippen molar-refractivity contribution in [2.75, 3.05) is 25.0 Å². The number of allylic oxidation sites excluding steroid dienone is 4. The molecule has 55 heavy (non-hydrogen) atoms. The van der Waals surface area contributed by atoms with E-state index in [9.17, 15) is 19.2 Å². The molecule has 0 aliphatic heterocycles.